The molecule has 0 bridgehead atoms. The average Bonchev–Trinajstić information content (AvgIpc) is 2.92. The maximum Gasteiger partial charge on any atom is 0.265 e. The topological polar surface area (TPSA) is 106 Å². The molecule has 10 heteroatoms. The van der Waals surface area contributed by atoms with Gasteiger partial charge in [-0.05, 0) is 31.4 Å². The molecular weight excluding hydrogens is 396 g/mol. The summed E-state index contributed by atoms with van der Waals surface area (Å²) in [7, 11) is -3.63. The normalized spacial score (nSPS) is 18.3. The molecule has 1 amide bonds. The maximum atomic E-state index is 13.2. The number of benzene rings is 1. The molecule has 2 aliphatic heterocycles. The van der Waals surface area contributed by atoms with Crippen molar-refractivity contribution in [2.75, 3.05) is 24.6 Å². The summed E-state index contributed by atoms with van der Waals surface area (Å²) < 4.78 is 38.6. The molecule has 0 atom stereocenters. The summed E-state index contributed by atoms with van der Waals surface area (Å²) in [4.78, 5) is 18.3. The van der Waals surface area contributed by atoms with Crippen molar-refractivity contribution in [1.29, 1.82) is 0 Å². The number of nitrogens with zero attached hydrogens (tertiary/aromatic N) is 4. The van der Waals surface area contributed by atoms with Crippen molar-refractivity contribution in [3.8, 4) is 5.75 Å². The number of aryl methyl sites for hydroxylation is 2. The van der Waals surface area contributed by atoms with E-state index in [9.17, 15) is 13.2 Å². The van der Waals surface area contributed by atoms with E-state index in [0.717, 1.165) is 25.7 Å². The summed E-state index contributed by atoms with van der Waals surface area (Å²) in [5.74, 6) is 0.907. The van der Waals surface area contributed by atoms with Gasteiger partial charge in [-0.3, -0.25) is 9.69 Å². The number of amides is 1. The van der Waals surface area contributed by atoms with Gasteiger partial charge in [-0.25, -0.2) is 8.42 Å². The Balaban J connectivity index is 1.69. The Bertz CT molecular complexity index is 1030. The van der Waals surface area contributed by atoms with Gasteiger partial charge in [-0.15, -0.1) is 0 Å². The van der Waals surface area contributed by atoms with Crippen LogP contribution in [0.3, 0.4) is 0 Å². The van der Waals surface area contributed by atoms with E-state index < -0.39 is 10.0 Å². The molecule has 1 fully saturated rings. The van der Waals surface area contributed by atoms with Crippen molar-refractivity contribution in [1.82, 2.24) is 14.4 Å². The largest absolute Gasteiger partial charge is 0.482 e. The molecule has 1 aromatic carbocycles. The van der Waals surface area contributed by atoms with Gasteiger partial charge in [0.05, 0.1) is 17.1 Å². The first-order valence-corrected chi connectivity index (χ1v) is 11.2. The van der Waals surface area contributed by atoms with Gasteiger partial charge in [0.15, 0.2) is 12.4 Å². The highest BCUT2D eigenvalue weighted by Crippen LogP contribution is 2.38. The van der Waals surface area contributed by atoms with Crippen LogP contribution in [0.1, 0.15) is 43.0 Å². The van der Waals surface area contributed by atoms with Crippen LogP contribution in [0.4, 0.5) is 5.69 Å². The minimum Gasteiger partial charge on any atom is -0.482 e. The highest BCUT2D eigenvalue weighted by molar-refractivity contribution is 7.89. The van der Waals surface area contributed by atoms with Gasteiger partial charge in [0.1, 0.15) is 5.75 Å². The summed E-state index contributed by atoms with van der Waals surface area (Å²) in [5, 5.41) is 3.84. The van der Waals surface area contributed by atoms with Gasteiger partial charge in [0.25, 0.3) is 5.91 Å². The molecule has 1 saturated heterocycles. The predicted molar refractivity (Wildman–Crippen MR) is 104 cm³/mol. The molecule has 156 valence electrons. The number of fused-ring (bicyclic) bond motifs is 1. The van der Waals surface area contributed by atoms with E-state index in [0.29, 0.717) is 41.8 Å². The number of ether oxygens (including phenoxy) is 1. The highest BCUT2D eigenvalue weighted by atomic mass is 32.2. The van der Waals surface area contributed by atoms with Crippen LogP contribution < -0.4 is 9.64 Å². The molecule has 9 nitrogen and oxygen atoms in total. The average molecular weight is 420 g/mol. The molecule has 2 aromatic rings. The Morgan fingerprint density at radius 1 is 1.10 bits per heavy atom. The number of sulfonamides is 1. The number of aromatic nitrogens is 2. The number of hydrogen-bond donors (Lipinski definition) is 0. The van der Waals surface area contributed by atoms with E-state index in [1.54, 1.807) is 24.2 Å². The third-order valence-corrected chi connectivity index (χ3v) is 7.29. The van der Waals surface area contributed by atoms with E-state index in [4.69, 9.17) is 9.26 Å². The van der Waals surface area contributed by atoms with Crippen molar-refractivity contribution in [3.05, 3.63) is 29.4 Å². The fourth-order valence-corrected chi connectivity index (χ4v) is 5.49. The zero-order chi connectivity index (χ0) is 20.6. The molecule has 0 saturated carbocycles. The highest BCUT2D eigenvalue weighted by Gasteiger charge is 2.32. The lowest BCUT2D eigenvalue weighted by Crippen LogP contribution is -2.39. The van der Waals surface area contributed by atoms with E-state index in [1.807, 2.05) is 0 Å². The first-order valence-electron chi connectivity index (χ1n) is 9.73. The zero-order valence-corrected chi connectivity index (χ0v) is 17.4. The van der Waals surface area contributed by atoms with Crippen LogP contribution in [0.2, 0.25) is 0 Å². The van der Waals surface area contributed by atoms with Crippen molar-refractivity contribution in [3.63, 3.8) is 0 Å². The lowest BCUT2D eigenvalue weighted by atomic mass is 10.1. The monoisotopic (exact) mass is 420 g/mol. The SMILES string of the molecule is Cc1nc(CN2C(=O)COc3cc(S(=O)(=O)N4CCCCCC4)c(C)cc32)no1. The summed E-state index contributed by atoms with van der Waals surface area (Å²) in [6.45, 7) is 4.43. The van der Waals surface area contributed by atoms with Crippen molar-refractivity contribution in [2.24, 2.45) is 0 Å². The van der Waals surface area contributed by atoms with E-state index in [1.165, 1.54) is 11.0 Å². The second-order valence-corrected chi connectivity index (χ2v) is 9.31. The van der Waals surface area contributed by atoms with Crippen LogP contribution >= 0.6 is 0 Å². The Kier molecular flexibility index (Phi) is 5.30. The molecule has 29 heavy (non-hydrogen) atoms. The maximum absolute atomic E-state index is 13.2. The lowest BCUT2D eigenvalue weighted by molar-refractivity contribution is -0.121. The van der Waals surface area contributed by atoms with Crippen LogP contribution in [-0.4, -0.2) is 48.5 Å². The summed E-state index contributed by atoms with van der Waals surface area (Å²) in [6.07, 6.45) is 3.83. The molecule has 0 N–H and O–H groups in total. The van der Waals surface area contributed by atoms with E-state index in [-0.39, 0.29) is 24.0 Å². The van der Waals surface area contributed by atoms with Gasteiger partial charge in [0.2, 0.25) is 15.9 Å². The second kappa shape index (κ2) is 7.75. The first kappa shape index (κ1) is 19.8. The number of anilines is 1. The fourth-order valence-electron chi connectivity index (χ4n) is 3.75. The molecule has 1 aromatic heterocycles. The summed E-state index contributed by atoms with van der Waals surface area (Å²) in [5.41, 5.74) is 1.08. The molecule has 0 aliphatic carbocycles. The molecule has 4 rings (SSSR count). The quantitative estimate of drug-likeness (QED) is 0.746. The molecule has 0 spiro atoms. The predicted octanol–water partition coefficient (Wildman–Crippen LogP) is 2.18. The van der Waals surface area contributed by atoms with Gasteiger partial charge in [-0.1, -0.05) is 18.0 Å². The van der Waals surface area contributed by atoms with Crippen LogP contribution in [-0.2, 0) is 21.4 Å². The van der Waals surface area contributed by atoms with E-state index >= 15 is 0 Å². The Morgan fingerprint density at radius 2 is 1.83 bits per heavy atom. The first-order chi connectivity index (χ1) is 13.9. The minimum absolute atomic E-state index is 0.129. The minimum atomic E-state index is -3.63. The molecule has 0 unspecified atom stereocenters. The molecule has 2 aliphatic rings. The Labute approximate surface area is 169 Å². The number of hydrogen-bond acceptors (Lipinski definition) is 7. The molecule has 3 heterocycles. The molecular formula is C19H24N4O5S. The number of rotatable bonds is 4. The van der Waals surface area contributed by atoms with Gasteiger partial charge < -0.3 is 9.26 Å². The lowest BCUT2D eigenvalue weighted by Gasteiger charge is -2.30. The van der Waals surface area contributed by atoms with Gasteiger partial charge in [-0.2, -0.15) is 9.29 Å². The third kappa shape index (κ3) is 3.86. The van der Waals surface area contributed by atoms with Crippen LogP contribution in [0, 0.1) is 13.8 Å². The third-order valence-electron chi connectivity index (χ3n) is 5.25. The number of carbonyl (C=O) groups is 1. The van der Waals surface area contributed by atoms with Gasteiger partial charge in [0, 0.05) is 26.1 Å². The van der Waals surface area contributed by atoms with Crippen molar-refractivity contribution >= 4 is 21.6 Å². The van der Waals surface area contributed by atoms with Crippen LogP contribution in [0.25, 0.3) is 0 Å². The fraction of sp³-hybridized carbons (Fsp3) is 0.526. The van der Waals surface area contributed by atoms with Crippen LogP contribution in [0.15, 0.2) is 21.6 Å². The van der Waals surface area contributed by atoms with Gasteiger partial charge >= 0.3 is 0 Å². The number of carbonyl (C=O) groups excluding carboxylic acids is 1. The second-order valence-electron chi connectivity index (χ2n) is 7.40. The smallest absolute Gasteiger partial charge is 0.265 e. The molecule has 0 radical (unpaired) electrons. The Morgan fingerprint density at radius 3 is 2.48 bits per heavy atom. The van der Waals surface area contributed by atoms with Crippen molar-refractivity contribution < 1.29 is 22.5 Å². The van der Waals surface area contributed by atoms with Crippen LogP contribution in [0.5, 0.6) is 5.75 Å². The van der Waals surface area contributed by atoms with E-state index in [2.05, 4.69) is 10.1 Å². The standard InChI is InChI=1S/C19H24N4O5S/c1-13-9-15-16(10-17(13)29(25,26)22-7-5-3-4-6-8-22)27-12-19(24)23(15)11-18-20-14(2)28-21-18/h9-10H,3-8,11-12H2,1-2H3. The Hall–Kier alpha value is -2.46. The zero-order valence-electron chi connectivity index (χ0n) is 16.5. The summed E-state index contributed by atoms with van der Waals surface area (Å²) in [6, 6.07) is 3.22. The van der Waals surface area contributed by atoms with Crippen molar-refractivity contribution in [2.45, 2.75) is 51.0 Å². The summed E-state index contributed by atoms with van der Waals surface area (Å²) >= 11 is 0.